The van der Waals surface area contributed by atoms with Crippen molar-refractivity contribution in [1.82, 2.24) is 14.8 Å². The van der Waals surface area contributed by atoms with E-state index in [1.807, 2.05) is 43.7 Å². The fourth-order valence-corrected chi connectivity index (χ4v) is 2.80. The SMILES string of the molecule is Cn1cc(CNc2cccc(-c3ccc4c(c3)CCO4)n2)cn1. The predicted molar refractivity (Wildman–Crippen MR) is 89.4 cm³/mol. The van der Waals surface area contributed by atoms with E-state index in [-0.39, 0.29) is 0 Å². The average Bonchev–Trinajstić information content (AvgIpc) is 3.21. The number of benzene rings is 1. The largest absolute Gasteiger partial charge is 0.493 e. The van der Waals surface area contributed by atoms with Gasteiger partial charge in [0, 0.05) is 37.3 Å². The minimum atomic E-state index is 0.711. The Kier molecular flexibility index (Phi) is 3.46. The maximum Gasteiger partial charge on any atom is 0.126 e. The lowest BCUT2D eigenvalue weighted by Crippen LogP contribution is -2.01. The molecule has 0 atom stereocenters. The third-order valence-corrected chi connectivity index (χ3v) is 3.97. The standard InChI is InChI=1S/C18H18N4O/c1-22-12-13(11-20-22)10-19-18-4-2-3-16(21-18)14-5-6-17-15(9-14)7-8-23-17/h2-6,9,11-12H,7-8,10H2,1H3,(H,19,21). The summed E-state index contributed by atoms with van der Waals surface area (Å²) in [6.07, 6.45) is 4.83. The Morgan fingerprint density at radius 2 is 2.22 bits per heavy atom. The van der Waals surface area contributed by atoms with Gasteiger partial charge in [-0.25, -0.2) is 4.98 Å². The van der Waals surface area contributed by atoms with Crippen molar-refractivity contribution >= 4 is 5.82 Å². The van der Waals surface area contributed by atoms with Gasteiger partial charge in [0.25, 0.3) is 0 Å². The number of hydrogen-bond donors (Lipinski definition) is 1. The molecule has 1 aromatic carbocycles. The first-order valence-corrected chi connectivity index (χ1v) is 7.72. The number of rotatable bonds is 4. The van der Waals surface area contributed by atoms with Gasteiger partial charge in [0.2, 0.25) is 0 Å². The van der Waals surface area contributed by atoms with Gasteiger partial charge in [-0.1, -0.05) is 6.07 Å². The van der Waals surface area contributed by atoms with E-state index in [4.69, 9.17) is 9.72 Å². The number of pyridine rings is 1. The molecule has 0 aliphatic carbocycles. The number of nitrogens with zero attached hydrogens (tertiary/aromatic N) is 3. The van der Waals surface area contributed by atoms with E-state index in [1.165, 1.54) is 5.56 Å². The first kappa shape index (κ1) is 13.8. The lowest BCUT2D eigenvalue weighted by molar-refractivity contribution is 0.357. The highest BCUT2D eigenvalue weighted by Gasteiger charge is 2.13. The molecular weight excluding hydrogens is 288 g/mol. The summed E-state index contributed by atoms with van der Waals surface area (Å²) in [5.74, 6) is 1.86. The summed E-state index contributed by atoms with van der Waals surface area (Å²) in [5.41, 5.74) is 4.49. The quantitative estimate of drug-likeness (QED) is 0.805. The Hall–Kier alpha value is -2.82. The highest BCUT2D eigenvalue weighted by molar-refractivity contribution is 5.64. The molecule has 3 heterocycles. The van der Waals surface area contributed by atoms with Gasteiger partial charge in [-0.2, -0.15) is 5.10 Å². The monoisotopic (exact) mass is 306 g/mol. The van der Waals surface area contributed by atoms with Crippen LogP contribution in [0.25, 0.3) is 11.3 Å². The third kappa shape index (κ3) is 2.90. The second-order valence-corrected chi connectivity index (χ2v) is 5.70. The van der Waals surface area contributed by atoms with E-state index in [2.05, 4.69) is 22.5 Å². The lowest BCUT2D eigenvalue weighted by Gasteiger charge is -2.08. The molecule has 0 saturated carbocycles. The third-order valence-electron chi connectivity index (χ3n) is 3.97. The van der Waals surface area contributed by atoms with E-state index in [9.17, 15) is 0 Å². The van der Waals surface area contributed by atoms with Gasteiger partial charge in [0.05, 0.1) is 18.5 Å². The van der Waals surface area contributed by atoms with Crippen molar-refractivity contribution in [3.05, 3.63) is 59.9 Å². The number of ether oxygens (including phenoxy) is 1. The highest BCUT2D eigenvalue weighted by Crippen LogP contribution is 2.30. The van der Waals surface area contributed by atoms with Crippen LogP contribution in [0.2, 0.25) is 0 Å². The van der Waals surface area contributed by atoms with Gasteiger partial charge >= 0.3 is 0 Å². The van der Waals surface area contributed by atoms with Crippen LogP contribution in [-0.2, 0) is 20.0 Å². The molecule has 0 fully saturated rings. The molecule has 5 nitrogen and oxygen atoms in total. The summed E-state index contributed by atoms with van der Waals surface area (Å²) < 4.78 is 7.36. The molecule has 1 N–H and O–H groups in total. The number of aryl methyl sites for hydroxylation is 1. The van der Waals surface area contributed by atoms with E-state index in [0.29, 0.717) is 6.54 Å². The molecule has 0 bridgehead atoms. The normalized spacial score (nSPS) is 12.7. The molecule has 4 rings (SSSR count). The van der Waals surface area contributed by atoms with Crippen molar-refractivity contribution in [1.29, 1.82) is 0 Å². The Labute approximate surface area is 134 Å². The molecule has 0 radical (unpaired) electrons. The fraction of sp³-hybridized carbons (Fsp3) is 0.222. The molecule has 0 unspecified atom stereocenters. The highest BCUT2D eigenvalue weighted by atomic mass is 16.5. The Bertz CT molecular complexity index is 841. The first-order chi connectivity index (χ1) is 11.3. The molecule has 2 aromatic heterocycles. The fourth-order valence-electron chi connectivity index (χ4n) is 2.80. The van der Waals surface area contributed by atoms with Crippen LogP contribution in [0.4, 0.5) is 5.82 Å². The van der Waals surface area contributed by atoms with Crippen molar-refractivity contribution in [2.45, 2.75) is 13.0 Å². The maximum absolute atomic E-state index is 5.56. The van der Waals surface area contributed by atoms with E-state index < -0.39 is 0 Å². The molecule has 0 saturated heterocycles. The summed E-state index contributed by atoms with van der Waals surface area (Å²) >= 11 is 0. The van der Waals surface area contributed by atoms with Crippen LogP contribution < -0.4 is 10.1 Å². The minimum absolute atomic E-state index is 0.711. The molecule has 1 aliphatic heterocycles. The van der Waals surface area contributed by atoms with Crippen LogP contribution in [-0.4, -0.2) is 21.4 Å². The molecule has 0 spiro atoms. The molecular formula is C18H18N4O. The zero-order chi connectivity index (χ0) is 15.6. The second-order valence-electron chi connectivity index (χ2n) is 5.70. The van der Waals surface area contributed by atoms with Crippen LogP contribution in [0.3, 0.4) is 0 Å². The summed E-state index contributed by atoms with van der Waals surface area (Å²) in [4.78, 5) is 4.71. The average molecular weight is 306 g/mol. The van der Waals surface area contributed by atoms with E-state index in [1.54, 1.807) is 4.68 Å². The predicted octanol–water partition coefficient (Wildman–Crippen LogP) is 3.03. The van der Waals surface area contributed by atoms with Crippen LogP contribution in [0.5, 0.6) is 5.75 Å². The van der Waals surface area contributed by atoms with Gasteiger partial charge in [-0.05, 0) is 35.9 Å². The van der Waals surface area contributed by atoms with Gasteiger partial charge in [-0.3, -0.25) is 4.68 Å². The van der Waals surface area contributed by atoms with Crippen molar-refractivity contribution in [2.75, 3.05) is 11.9 Å². The summed E-state index contributed by atoms with van der Waals surface area (Å²) in [5, 5.41) is 7.52. The van der Waals surface area contributed by atoms with E-state index in [0.717, 1.165) is 41.4 Å². The molecule has 23 heavy (non-hydrogen) atoms. The van der Waals surface area contributed by atoms with Crippen LogP contribution >= 0.6 is 0 Å². The van der Waals surface area contributed by atoms with Gasteiger partial charge in [0.15, 0.2) is 0 Å². The number of nitrogens with one attached hydrogen (secondary N) is 1. The Balaban J connectivity index is 1.54. The van der Waals surface area contributed by atoms with Crippen LogP contribution in [0.1, 0.15) is 11.1 Å². The van der Waals surface area contributed by atoms with Gasteiger partial charge < -0.3 is 10.1 Å². The van der Waals surface area contributed by atoms with Gasteiger partial charge in [-0.15, -0.1) is 0 Å². The number of anilines is 1. The van der Waals surface area contributed by atoms with Crippen molar-refractivity contribution in [3.8, 4) is 17.0 Å². The van der Waals surface area contributed by atoms with Crippen molar-refractivity contribution in [3.63, 3.8) is 0 Å². The molecule has 0 amide bonds. The van der Waals surface area contributed by atoms with Crippen LogP contribution in [0, 0.1) is 0 Å². The summed E-state index contributed by atoms with van der Waals surface area (Å²) in [6, 6.07) is 12.3. The number of hydrogen-bond acceptors (Lipinski definition) is 4. The zero-order valence-corrected chi connectivity index (χ0v) is 13.0. The summed E-state index contributed by atoms with van der Waals surface area (Å²) in [6.45, 7) is 1.49. The first-order valence-electron chi connectivity index (χ1n) is 7.72. The Morgan fingerprint density at radius 3 is 3.09 bits per heavy atom. The maximum atomic E-state index is 5.56. The summed E-state index contributed by atoms with van der Waals surface area (Å²) in [7, 11) is 1.92. The number of aromatic nitrogens is 3. The lowest BCUT2D eigenvalue weighted by atomic mass is 10.1. The molecule has 116 valence electrons. The molecule has 5 heteroatoms. The van der Waals surface area contributed by atoms with Crippen molar-refractivity contribution < 1.29 is 4.74 Å². The smallest absolute Gasteiger partial charge is 0.126 e. The van der Waals surface area contributed by atoms with Crippen molar-refractivity contribution in [2.24, 2.45) is 7.05 Å². The Morgan fingerprint density at radius 1 is 1.26 bits per heavy atom. The second kappa shape index (κ2) is 5.76. The number of fused-ring (bicyclic) bond motifs is 1. The topological polar surface area (TPSA) is 52.0 Å². The van der Waals surface area contributed by atoms with Gasteiger partial charge in [0.1, 0.15) is 11.6 Å². The van der Waals surface area contributed by atoms with Crippen LogP contribution in [0.15, 0.2) is 48.8 Å². The molecule has 3 aromatic rings. The minimum Gasteiger partial charge on any atom is -0.493 e. The zero-order valence-electron chi connectivity index (χ0n) is 13.0. The van der Waals surface area contributed by atoms with E-state index >= 15 is 0 Å². The molecule has 1 aliphatic rings.